The summed E-state index contributed by atoms with van der Waals surface area (Å²) in [5, 5.41) is 11.7. The van der Waals surface area contributed by atoms with E-state index in [1.807, 2.05) is 0 Å². The molecule has 1 aromatic heterocycles. The average Bonchev–Trinajstić information content (AvgIpc) is 2.85. The van der Waals surface area contributed by atoms with Crippen molar-refractivity contribution in [2.45, 2.75) is 12.0 Å². The van der Waals surface area contributed by atoms with E-state index in [2.05, 4.69) is 9.97 Å². The number of aromatic amines is 1. The number of benzene rings is 1. The second-order valence-corrected chi connectivity index (χ2v) is 5.00. The van der Waals surface area contributed by atoms with Gasteiger partial charge in [0.15, 0.2) is 5.60 Å². The molecule has 1 aliphatic rings. The lowest BCUT2D eigenvalue weighted by molar-refractivity contribution is 0.0278. The average molecular weight is 285 g/mol. The fourth-order valence-corrected chi connectivity index (χ4v) is 2.74. The molecule has 0 spiro atoms. The van der Waals surface area contributed by atoms with Gasteiger partial charge in [-0.15, -0.1) is 0 Å². The zero-order valence-corrected chi connectivity index (χ0v) is 10.8. The lowest BCUT2D eigenvalue weighted by atomic mass is 9.87. The molecule has 0 radical (unpaired) electrons. The lowest BCUT2D eigenvalue weighted by Crippen LogP contribution is -2.35. The first kappa shape index (κ1) is 11.8. The van der Waals surface area contributed by atoms with Crippen molar-refractivity contribution in [3.63, 3.8) is 0 Å². The first-order chi connectivity index (χ1) is 8.61. The molecule has 1 aromatic carbocycles. The van der Waals surface area contributed by atoms with Crippen LogP contribution in [0.5, 0.6) is 5.75 Å². The maximum Gasteiger partial charge on any atom is 0.154 e. The van der Waals surface area contributed by atoms with Gasteiger partial charge in [-0.25, -0.2) is 4.98 Å². The molecule has 0 fully saturated rings. The summed E-state index contributed by atoms with van der Waals surface area (Å²) in [7, 11) is 0. The van der Waals surface area contributed by atoms with E-state index < -0.39 is 5.60 Å². The van der Waals surface area contributed by atoms with Crippen LogP contribution < -0.4 is 4.74 Å². The van der Waals surface area contributed by atoms with Crippen LogP contribution in [0.3, 0.4) is 0 Å². The van der Waals surface area contributed by atoms with E-state index in [0.29, 0.717) is 40.2 Å². The molecule has 18 heavy (non-hydrogen) atoms. The van der Waals surface area contributed by atoms with Crippen molar-refractivity contribution < 1.29 is 9.84 Å². The molecule has 2 N–H and O–H groups in total. The van der Waals surface area contributed by atoms with Gasteiger partial charge in [0.1, 0.15) is 11.6 Å². The molecular formula is C12H10Cl2N2O2. The van der Waals surface area contributed by atoms with Crippen LogP contribution in [0.2, 0.25) is 10.0 Å². The Morgan fingerprint density at radius 1 is 1.39 bits per heavy atom. The maximum atomic E-state index is 10.8. The summed E-state index contributed by atoms with van der Waals surface area (Å²) in [5.74, 6) is 0.927. The first-order valence-electron chi connectivity index (χ1n) is 5.46. The Morgan fingerprint density at radius 2 is 2.22 bits per heavy atom. The zero-order chi connectivity index (χ0) is 12.8. The van der Waals surface area contributed by atoms with Crippen LogP contribution in [0.4, 0.5) is 0 Å². The summed E-state index contributed by atoms with van der Waals surface area (Å²) >= 11 is 12.1. The molecule has 1 atom stereocenters. The molecule has 0 bridgehead atoms. The highest BCUT2D eigenvalue weighted by molar-refractivity contribution is 6.35. The van der Waals surface area contributed by atoms with Gasteiger partial charge in [0.05, 0.1) is 11.6 Å². The Kier molecular flexibility index (Phi) is 2.73. The molecule has 2 aromatic rings. The minimum Gasteiger partial charge on any atom is -0.491 e. The van der Waals surface area contributed by atoms with Crippen molar-refractivity contribution >= 4 is 23.2 Å². The molecule has 6 heteroatoms. The van der Waals surface area contributed by atoms with Crippen molar-refractivity contribution in [1.29, 1.82) is 0 Å². The fourth-order valence-electron chi connectivity index (χ4n) is 2.19. The summed E-state index contributed by atoms with van der Waals surface area (Å²) in [6.07, 6.45) is 3.65. The Morgan fingerprint density at radius 3 is 2.94 bits per heavy atom. The van der Waals surface area contributed by atoms with Gasteiger partial charge in [-0.05, 0) is 12.1 Å². The summed E-state index contributed by atoms with van der Waals surface area (Å²) < 4.78 is 5.51. The molecule has 1 aliphatic heterocycles. The van der Waals surface area contributed by atoms with E-state index in [1.54, 1.807) is 24.5 Å². The molecule has 3 rings (SSSR count). The molecule has 2 heterocycles. The number of halogens is 2. The van der Waals surface area contributed by atoms with E-state index in [0.717, 1.165) is 0 Å². The molecule has 94 valence electrons. The predicted octanol–water partition coefficient (Wildman–Crippen LogP) is 2.73. The SMILES string of the molecule is OC1(c2ncc[nH]2)CCOc2c(Cl)cc(Cl)cc21. The Labute approximate surface area is 114 Å². The Bertz CT molecular complexity index is 586. The van der Waals surface area contributed by atoms with Crippen LogP contribution in [0, 0.1) is 0 Å². The number of hydrogen-bond donors (Lipinski definition) is 2. The van der Waals surface area contributed by atoms with E-state index in [4.69, 9.17) is 27.9 Å². The highest BCUT2D eigenvalue weighted by Crippen LogP contribution is 2.45. The van der Waals surface area contributed by atoms with Crippen molar-refractivity contribution in [2.75, 3.05) is 6.61 Å². The molecule has 0 saturated heterocycles. The zero-order valence-electron chi connectivity index (χ0n) is 9.28. The van der Waals surface area contributed by atoms with E-state index in [9.17, 15) is 5.11 Å². The first-order valence-corrected chi connectivity index (χ1v) is 6.21. The summed E-state index contributed by atoms with van der Waals surface area (Å²) in [4.78, 5) is 7.05. The molecular weight excluding hydrogens is 275 g/mol. The minimum atomic E-state index is -1.24. The largest absolute Gasteiger partial charge is 0.491 e. The monoisotopic (exact) mass is 284 g/mol. The lowest BCUT2D eigenvalue weighted by Gasteiger charge is -2.33. The van der Waals surface area contributed by atoms with E-state index in [-0.39, 0.29) is 0 Å². The molecule has 0 amide bonds. The number of nitrogens with zero attached hydrogens (tertiary/aromatic N) is 1. The third-order valence-electron chi connectivity index (χ3n) is 3.05. The van der Waals surface area contributed by atoms with Crippen molar-refractivity contribution in [1.82, 2.24) is 9.97 Å². The van der Waals surface area contributed by atoms with Gasteiger partial charge in [-0.1, -0.05) is 23.2 Å². The topological polar surface area (TPSA) is 58.1 Å². The standard InChI is InChI=1S/C12H10Cl2N2O2/c13-7-5-8-10(9(14)6-7)18-4-1-12(8,17)11-15-2-3-16-11/h2-3,5-6,17H,1,4H2,(H,15,16). The number of aromatic nitrogens is 2. The van der Waals surface area contributed by atoms with E-state index >= 15 is 0 Å². The molecule has 0 saturated carbocycles. The van der Waals surface area contributed by atoms with Crippen LogP contribution in [0.25, 0.3) is 0 Å². The Hall–Kier alpha value is -1.23. The third-order valence-corrected chi connectivity index (χ3v) is 3.55. The third kappa shape index (κ3) is 1.68. The molecule has 1 unspecified atom stereocenters. The smallest absolute Gasteiger partial charge is 0.154 e. The van der Waals surface area contributed by atoms with Gasteiger partial charge in [0.25, 0.3) is 0 Å². The van der Waals surface area contributed by atoms with Crippen molar-refractivity contribution in [2.24, 2.45) is 0 Å². The van der Waals surface area contributed by atoms with Crippen molar-refractivity contribution in [3.8, 4) is 5.75 Å². The number of nitrogens with one attached hydrogen (secondary N) is 1. The van der Waals surface area contributed by atoms with Gasteiger partial charge in [-0.2, -0.15) is 0 Å². The van der Waals surface area contributed by atoms with Crippen LogP contribution in [0.15, 0.2) is 24.5 Å². The Balaban J connectivity index is 2.23. The minimum absolute atomic E-state index is 0.367. The van der Waals surface area contributed by atoms with Gasteiger partial charge in [0, 0.05) is 29.4 Å². The molecule has 4 nitrogen and oxygen atoms in total. The van der Waals surface area contributed by atoms with Crippen LogP contribution in [0.1, 0.15) is 17.8 Å². The molecule has 0 aliphatic carbocycles. The second-order valence-electron chi connectivity index (χ2n) is 4.16. The van der Waals surface area contributed by atoms with Gasteiger partial charge in [0.2, 0.25) is 0 Å². The summed E-state index contributed by atoms with van der Waals surface area (Å²) in [6, 6.07) is 3.25. The highest BCUT2D eigenvalue weighted by atomic mass is 35.5. The van der Waals surface area contributed by atoms with Crippen LogP contribution in [-0.4, -0.2) is 21.7 Å². The second kappa shape index (κ2) is 4.16. The number of hydrogen-bond acceptors (Lipinski definition) is 3. The van der Waals surface area contributed by atoms with Crippen molar-refractivity contribution in [3.05, 3.63) is 46.0 Å². The summed E-state index contributed by atoms with van der Waals surface area (Å²) in [5.41, 5.74) is -0.702. The van der Waals surface area contributed by atoms with Gasteiger partial charge < -0.3 is 14.8 Å². The number of H-pyrrole nitrogens is 1. The quantitative estimate of drug-likeness (QED) is 0.847. The number of aliphatic hydroxyl groups is 1. The maximum absolute atomic E-state index is 10.8. The number of ether oxygens (including phenoxy) is 1. The van der Waals surface area contributed by atoms with Crippen LogP contribution in [-0.2, 0) is 5.60 Å². The van der Waals surface area contributed by atoms with Gasteiger partial charge >= 0.3 is 0 Å². The summed E-state index contributed by atoms with van der Waals surface area (Å²) in [6.45, 7) is 0.367. The predicted molar refractivity (Wildman–Crippen MR) is 68.2 cm³/mol. The number of fused-ring (bicyclic) bond motifs is 1. The fraction of sp³-hybridized carbons (Fsp3) is 0.250. The number of imidazole rings is 1. The number of rotatable bonds is 1. The van der Waals surface area contributed by atoms with Crippen LogP contribution >= 0.6 is 23.2 Å². The highest BCUT2D eigenvalue weighted by Gasteiger charge is 2.40. The normalized spacial score (nSPS) is 22.4. The van der Waals surface area contributed by atoms with Gasteiger partial charge in [-0.3, -0.25) is 0 Å². The van der Waals surface area contributed by atoms with E-state index in [1.165, 1.54) is 0 Å².